The highest BCUT2D eigenvalue weighted by Crippen LogP contribution is 2.38. The first kappa shape index (κ1) is 19.2. The van der Waals surface area contributed by atoms with Crippen LogP contribution in [0.1, 0.15) is 48.4 Å². The molecule has 0 atom stereocenters. The Labute approximate surface area is 188 Å². The van der Waals surface area contributed by atoms with Crippen molar-refractivity contribution in [2.45, 2.75) is 45.4 Å². The molecule has 1 saturated carbocycles. The summed E-state index contributed by atoms with van der Waals surface area (Å²) in [6.45, 7) is 4.10. The van der Waals surface area contributed by atoms with E-state index >= 15 is 0 Å². The molecule has 2 aromatic carbocycles. The van der Waals surface area contributed by atoms with Crippen molar-refractivity contribution in [3.63, 3.8) is 0 Å². The van der Waals surface area contributed by atoms with Crippen LogP contribution in [0.5, 0.6) is 0 Å². The summed E-state index contributed by atoms with van der Waals surface area (Å²) in [5.41, 5.74) is 9.49. The van der Waals surface area contributed by atoms with Crippen LogP contribution in [0.4, 0.5) is 0 Å². The number of hydrogen-bond acceptors (Lipinski definition) is 3. The molecule has 1 aliphatic carbocycles. The number of rotatable bonds is 3. The first-order chi connectivity index (χ1) is 15.7. The van der Waals surface area contributed by atoms with E-state index in [9.17, 15) is 0 Å². The molecule has 1 fully saturated rings. The van der Waals surface area contributed by atoms with Crippen molar-refractivity contribution in [2.24, 2.45) is 0 Å². The predicted octanol–water partition coefficient (Wildman–Crippen LogP) is 7.98. The zero-order chi connectivity index (χ0) is 21.7. The van der Waals surface area contributed by atoms with Crippen molar-refractivity contribution in [3.8, 4) is 22.4 Å². The molecule has 3 heterocycles. The van der Waals surface area contributed by atoms with Gasteiger partial charge in [-0.25, -0.2) is 4.98 Å². The highest BCUT2D eigenvalue weighted by Gasteiger charge is 2.18. The lowest BCUT2D eigenvalue weighted by Crippen LogP contribution is -1.93. The predicted molar refractivity (Wildman–Crippen MR) is 131 cm³/mol. The Balaban J connectivity index is 1.42. The summed E-state index contributed by atoms with van der Waals surface area (Å²) in [5, 5.41) is 2.13. The van der Waals surface area contributed by atoms with Gasteiger partial charge < -0.3 is 4.42 Å². The summed E-state index contributed by atoms with van der Waals surface area (Å²) in [6, 6.07) is 21.7. The molecule has 6 rings (SSSR count). The highest BCUT2D eigenvalue weighted by molar-refractivity contribution is 6.09. The summed E-state index contributed by atoms with van der Waals surface area (Å²) >= 11 is 0. The molecule has 5 aromatic rings. The highest BCUT2D eigenvalue weighted by atomic mass is 16.3. The van der Waals surface area contributed by atoms with Gasteiger partial charge in [0.25, 0.3) is 0 Å². The van der Waals surface area contributed by atoms with Gasteiger partial charge in [0, 0.05) is 33.8 Å². The molecule has 0 radical (unpaired) electrons. The molecule has 1 aliphatic rings. The van der Waals surface area contributed by atoms with Gasteiger partial charge in [-0.15, -0.1) is 0 Å². The fourth-order valence-electron chi connectivity index (χ4n) is 5.17. The molecule has 158 valence electrons. The largest absolute Gasteiger partial charge is 0.437 e. The molecule has 0 unspecified atom stereocenters. The van der Waals surface area contributed by atoms with Gasteiger partial charge in [0.15, 0.2) is 0 Å². The van der Waals surface area contributed by atoms with E-state index in [4.69, 9.17) is 9.40 Å². The lowest BCUT2D eigenvalue weighted by molar-refractivity contribution is 0.653. The average molecular weight is 419 g/mol. The maximum atomic E-state index is 6.24. The van der Waals surface area contributed by atoms with Crippen LogP contribution in [0.15, 0.2) is 71.3 Å². The lowest BCUT2D eigenvalue weighted by atomic mass is 9.94. The van der Waals surface area contributed by atoms with Crippen molar-refractivity contribution in [1.29, 1.82) is 0 Å². The molecule has 3 nitrogen and oxygen atoms in total. The van der Waals surface area contributed by atoms with E-state index in [1.165, 1.54) is 36.8 Å². The standard InChI is InChI=1S/C29H26N2O/c1-18-10-13-24-25-14-11-19(2)31-29(25)32-28(24)27(18)26-15-12-23(17-30-26)22-9-5-8-21(16-22)20-6-3-4-7-20/h5,8-17,20H,3-4,6-7H2,1-2H3. The maximum Gasteiger partial charge on any atom is 0.227 e. The number of aryl methyl sites for hydroxylation is 2. The molecule has 3 heteroatoms. The van der Waals surface area contributed by atoms with E-state index in [2.05, 4.69) is 66.5 Å². The number of aromatic nitrogens is 2. The smallest absolute Gasteiger partial charge is 0.227 e. The van der Waals surface area contributed by atoms with Crippen LogP contribution < -0.4 is 0 Å². The number of furan rings is 1. The van der Waals surface area contributed by atoms with Crippen LogP contribution in [0, 0.1) is 13.8 Å². The van der Waals surface area contributed by atoms with Crippen molar-refractivity contribution >= 4 is 22.1 Å². The van der Waals surface area contributed by atoms with E-state index in [-0.39, 0.29) is 0 Å². The van der Waals surface area contributed by atoms with Gasteiger partial charge in [-0.2, -0.15) is 0 Å². The van der Waals surface area contributed by atoms with E-state index in [0.717, 1.165) is 44.4 Å². The third kappa shape index (κ3) is 3.20. The minimum Gasteiger partial charge on any atom is -0.437 e. The summed E-state index contributed by atoms with van der Waals surface area (Å²) in [6.07, 6.45) is 7.33. The van der Waals surface area contributed by atoms with Crippen LogP contribution in [0.3, 0.4) is 0 Å². The van der Waals surface area contributed by atoms with Crippen LogP contribution in [0.2, 0.25) is 0 Å². The minimum absolute atomic E-state index is 0.687. The zero-order valence-corrected chi connectivity index (χ0v) is 18.6. The van der Waals surface area contributed by atoms with Crippen molar-refractivity contribution in [1.82, 2.24) is 9.97 Å². The van der Waals surface area contributed by atoms with Gasteiger partial charge in [-0.3, -0.25) is 4.98 Å². The Hall–Kier alpha value is -3.46. The Morgan fingerprint density at radius 2 is 1.69 bits per heavy atom. The van der Waals surface area contributed by atoms with E-state index < -0.39 is 0 Å². The van der Waals surface area contributed by atoms with Gasteiger partial charge in [0.1, 0.15) is 5.58 Å². The molecule has 0 bridgehead atoms. The second-order valence-corrected chi connectivity index (χ2v) is 9.08. The van der Waals surface area contributed by atoms with Crippen molar-refractivity contribution < 1.29 is 4.42 Å². The average Bonchev–Trinajstić information content (AvgIpc) is 3.47. The number of hydrogen-bond donors (Lipinski definition) is 0. The number of pyridine rings is 2. The molecule has 0 saturated heterocycles. The third-order valence-electron chi connectivity index (χ3n) is 6.92. The second kappa shape index (κ2) is 7.59. The Morgan fingerprint density at radius 3 is 2.50 bits per heavy atom. The van der Waals surface area contributed by atoms with Crippen LogP contribution >= 0.6 is 0 Å². The SMILES string of the molecule is Cc1ccc2c(n1)oc1c(-c3ccc(-c4cccc(C5CCCC5)c4)cn3)c(C)ccc12. The van der Waals surface area contributed by atoms with Crippen LogP contribution in [0.25, 0.3) is 44.5 Å². The molecular formula is C29H26N2O. The second-order valence-electron chi connectivity index (χ2n) is 9.08. The summed E-state index contributed by atoms with van der Waals surface area (Å²) < 4.78 is 6.24. The molecule has 0 amide bonds. The topological polar surface area (TPSA) is 38.9 Å². The summed E-state index contributed by atoms with van der Waals surface area (Å²) in [4.78, 5) is 9.46. The maximum absolute atomic E-state index is 6.24. The van der Waals surface area contributed by atoms with Crippen LogP contribution in [-0.2, 0) is 0 Å². The molecule has 0 spiro atoms. The first-order valence-corrected chi connectivity index (χ1v) is 11.5. The van der Waals surface area contributed by atoms with E-state index in [1.807, 2.05) is 19.2 Å². The Bertz CT molecular complexity index is 1440. The normalized spacial score (nSPS) is 14.6. The molecule has 32 heavy (non-hydrogen) atoms. The molecule has 0 N–H and O–H groups in total. The zero-order valence-electron chi connectivity index (χ0n) is 18.6. The fraction of sp³-hybridized carbons (Fsp3) is 0.241. The Morgan fingerprint density at radius 1 is 0.844 bits per heavy atom. The summed E-state index contributed by atoms with van der Waals surface area (Å²) in [5.74, 6) is 0.716. The molecule has 3 aromatic heterocycles. The van der Waals surface area contributed by atoms with Crippen molar-refractivity contribution in [3.05, 3.63) is 83.7 Å². The fourth-order valence-corrected chi connectivity index (χ4v) is 5.17. The van der Waals surface area contributed by atoms with E-state index in [0.29, 0.717) is 11.6 Å². The first-order valence-electron chi connectivity index (χ1n) is 11.5. The van der Waals surface area contributed by atoms with Crippen molar-refractivity contribution in [2.75, 3.05) is 0 Å². The number of nitrogens with zero attached hydrogens (tertiary/aromatic N) is 2. The number of benzene rings is 2. The van der Waals surface area contributed by atoms with E-state index in [1.54, 1.807) is 0 Å². The van der Waals surface area contributed by atoms with Gasteiger partial charge >= 0.3 is 0 Å². The molecule has 0 aliphatic heterocycles. The monoisotopic (exact) mass is 418 g/mol. The van der Waals surface area contributed by atoms with Gasteiger partial charge in [0.2, 0.25) is 5.71 Å². The lowest BCUT2D eigenvalue weighted by Gasteiger charge is -2.12. The quantitative estimate of drug-likeness (QED) is 0.298. The van der Waals surface area contributed by atoms with Crippen LogP contribution in [-0.4, -0.2) is 9.97 Å². The summed E-state index contributed by atoms with van der Waals surface area (Å²) in [7, 11) is 0. The minimum atomic E-state index is 0.687. The Kier molecular flexibility index (Phi) is 4.57. The third-order valence-corrected chi connectivity index (χ3v) is 6.92. The van der Waals surface area contributed by atoms with Gasteiger partial charge in [0.05, 0.1) is 5.69 Å². The molecular weight excluding hydrogens is 392 g/mol. The van der Waals surface area contributed by atoms with Gasteiger partial charge in [-0.1, -0.05) is 55.3 Å². The number of fused-ring (bicyclic) bond motifs is 3. The van der Waals surface area contributed by atoms with Gasteiger partial charge in [-0.05, 0) is 67.5 Å².